The largest absolute Gasteiger partial charge is 0.465 e. The zero-order valence-electron chi connectivity index (χ0n) is 12.4. The predicted octanol–water partition coefficient (Wildman–Crippen LogP) is 3.05. The maximum Gasteiger partial charge on any atom is 0.342 e. The number of anilines is 1. The molecule has 0 radical (unpaired) electrons. The number of furan rings is 1. The summed E-state index contributed by atoms with van der Waals surface area (Å²) in [6, 6.07) is 3.23. The summed E-state index contributed by atoms with van der Waals surface area (Å²) in [6.45, 7) is 4.77. The van der Waals surface area contributed by atoms with Crippen molar-refractivity contribution in [3.8, 4) is 0 Å². The Kier molecular flexibility index (Phi) is 4.82. The zero-order valence-corrected chi connectivity index (χ0v) is 13.2. The number of carbonyl (C=O) groups excluding carboxylic acids is 2. The molecule has 0 aliphatic heterocycles. The van der Waals surface area contributed by atoms with Gasteiger partial charge in [-0.3, -0.25) is 4.79 Å². The average molecular weight is 323 g/mol. The summed E-state index contributed by atoms with van der Waals surface area (Å²) in [7, 11) is 0. The molecule has 0 saturated carbocycles. The van der Waals surface area contributed by atoms with Crippen molar-refractivity contribution in [2.24, 2.45) is 0 Å². The van der Waals surface area contributed by atoms with Crippen LogP contribution in [0.15, 0.2) is 22.7 Å². The molecule has 7 heteroatoms. The molecule has 1 amide bonds. The van der Waals surface area contributed by atoms with Crippen molar-refractivity contribution in [1.29, 1.82) is 0 Å². The molecule has 0 unspecified atom stereocenters. The Morgan fingerprint density at radius 1 is 1.32 bits per heavy atom. The van der Waals surface area contributed by atoms with Crippen LogP contribution < -0.4 is 5.32 Å². The normalized spacial score (nSPS) is 10.4. The van der Waals surface area contributed by atoms with Crippen LogP contribution in [0.1, 0.15) is 27.4 Å². The van der Waals surface area contributed by atoms with Crippen LogP contribution in [0, 0.1) is 20.8 Å². The second-order valence-corrected chi connectivity index (χ2v) is 5.04. The minimum atomic E-state index is -0.598. The first kappa shape index (κ1) is 16.0. The highest BCUT2D eigenvalue weighted by atomic mass is 35.5. The molecule has 0 aromatic carbocycles. The Balaban J connectivity index is 1.97. The maximum atomic E-state index is 12.0. The van der Waals surface area contributed by atoms with Gasteiger partial charge in [0.05, 0.1) is 5.69 Å². The van der Waals surface area contributed by atoms with Gasteiger partial charge in [-0.25, -0.2) is 9.78 Å². The van der Waals surface area contributed by atoms with Crippen LogP contribution >= 0.6 is 11.6 Å². The third kappa shape index (κ3) is 3.46. The van der Waals surface area contributed by atoms with Crippen molar-refractivity contribution in [1.82, 2.24) is 4.98 Å². The Morgan fingerprint density at radius 2 is 2.05 bits per heavy atom. The number of aromatic nitrogens is 1. The van der Waals surface area contributed by atoms with Crippen molar-refractivity contribution in [2.75, 3.05) is 11.9 Å². The Hall–Kier alpha value is -2.34. The fourth-order valence-electron chi connectivity index (χ4n) is 1.96. The second kappa shape index (κ2) is 6.62. The fourth-order valence-corrected chi connectivity index (χ4v) is 2.13. The highest BCUT2D eigenvalue weighted by Gasteiger charge is 2.20. The number of amides is 1. The summed E-state index contributed by atoms with van der Waals surface area (Å²) in [4.78, 5) is 27.6. The molecule has 2 heterocycles. The number of esters is 1. The number of nitrogens with one attached hydrogen (secondary N) is 1. The second-order valence-electron chi connectivity index (χ2n) is 4.68. The number of ether oxygens (including phenoxy) is 1. The van der Waals surface area contributed by atoms with Crippen LogP contribution in [0.5, 0.6) is 0 Å². The van der Waals surface area contributed by atoms with Gasteiger partial charge in [-0.1, -0.05) is 11.6 Å². The Labute approximate surface area is 132 Å². The van der Waals surface area contributed by atoms with E-state index >= 15 is 0 Å². The lowest BCUT2D eigenvalue weighted by molar-refractivity contribution is -0.119. The van der Waals surface area contributed by atoms with Crippen molar-refractivity contribution in [3.05, 3.63) is 46.1 Å². The van der Waals surface area contributed by atoms with E-state index in [0.717, 1.165) is 0 Å². The molecule has 0 bridgehead atoms. The van der Waals surface area contributed by atoms with E-state index in [4.69, 9.17) is 20.8 Å². The van der Waals surface area contributed by atoms with Crippen LogP contribution in [0.25, 0.3) is 0 Å². The summed E-state index contributed by atoms with van der Waals surface area (Å²) in [5, 5.41) is 2.68. The SMILES string of the molecule is Cc1oc(C)c(C(=O)OCC(=O)Nc2cccnc2Cl)c1C. The van der Waals surface area contributed by atoms with Crippen LogP contribution in [0.4, 0.5) is 5.69 Å². The molecule has 2 aromatic heterocycles. The molecule has 0 spiro atoms. The number of nitrogens with zero attached hydrogens (tertiary/aromatic N) is 1. The molecular weight excluding hydrogens is 308 g/mol. The number of halogens is 1. The summed E-state index contributed by atoms with van der Waals surface area (Å²) >= 11 is 5.83. The average Bonchev–Trinajstić information content (AvgIpc) is 2.72. The molecular formula is C15H15ClN2O4. The molecule has 6 nitrogen and oxygen atoms in total. The fraction of sp³-hybridized carbons (Fsp3) is 0.267. The first-order chi connectivity index (χ1) is 10.4. The number of rotatable bonds is 4. The van der Waals surface area contributed by atoms with E-state index in [-0.39, 0.29) is 5.15 Å². The van der Waals surface area contributed by atoms with Gasteiger partial charge in [0.15, 0.2) is 11.8 Å². The Bertz CT molecular complexity index is 724. The zero-order chi connectivity index (χ0) is 16.3. The van der Waals surface area contributed by atoms with Gasteiger partial charge in [0.1, 0.15) is 17.1 Å². The first-order valence-corrected chi connectivity index (χ1v) is 6.92. The van der Waals surface area contributed by atoms with Crippen LogP contribution in [-0.2, 0) is 9.53 Å². The standard InChI is InChI=1S/C15H15ClN2O4/c1-8-9(2)22-10(3)13(8)15(20)21-7-12(19)18-11-5-4-6-17-14(11)16/h4-6H,7H2,1-3H3,(H,18,19). The highest BCUT2D eigenvalue weighted by molar-refractivity contribution is 6.32. The van der Waals surface area contributed by atoms with E-state index in [1.807, 2.05) is 0 Å². The van der Waals surface area contributed by atoms with Gasteiger partial charge >= 0.3 is 5.97 Å². The molecule has 0 saturated heterocycles. The van der Waals surface area contributed by atoms with Gasteiger partial charge in [0.25, 0.3) is 5.91 Å². The molecule has 1 N–H and O–H groups in total. The lowest BCUT2D eigenvalue weighted by Gasteiger charge is -2.07. The summed E-state index contributed by atoms with van der Waals surface area (Å²) in [5.41, 5.74) is 1.42. The van der Waals surface area contributed by atoms with E-state index in [2.05, 4.69) is 10.3 Å². The van der Waals surface area contributed by atoms with Crippen molar-refractivity contribution < 1.29 is 18.7 Å². The van der Waals surface area contributed by atoms with E-state index in [0.29, 0.717) is 28.3 Å². The molecule has 2 rings (SSSR count). The predicted molar refractivity (Wildman–Crippen MR) is 81.1 cm³/mol. The van der Waals surface area contributed by atoms with Crippen molar-refractivity contribution in [3.63, 3.8) is 0 Å². The van der Waals surface area contributed by atoms with E-state index in [9.17, 15) is 9.59 Å². The summed E-state index contributed by atoms with van der Waals surface area (Å²) < 4.78 is 10.4. The number of hydrogen-bond donors (Lipinski definition) is 1. The molecule has 0 atom stereocenters. The molecule has 0 aliphatic carbocycles. The lowest BCUT2D eigenvalue weighted by Crippen LogP contribution is -2.21. The third-order valence-corrected chi connectivity index (χ3v) is 3.43. The van der Waals surface area contributed by atoms with Gasteiger partial charge in [0.2, 0.25) is 0 Å². The smallest absolute Gasteiger partial charge is 0.342 e. The first-order valence-electron chi connectivity index (χ1n) is 6.54. The number of aryl methyl sites for hydroxylation is 2. The van der Waals surface area contributed by atoms with Crippen LogP contribution in [-0.4, -0.2) is 23.5 Å². The van der Waals surface area contributed by atoms with E-state index in [1.54, 1.807) is 32.9 Å². The third-order valence-electron chi connectivity index (χ3n) is 3.13. The molecule has 22 heavy (non-hydrogen) atoms. The highest BCUT2D eigenvalue weighted by Crippen LogP contribution is 2.21. The summed E-state index contributed by atoms with van der Waals surface area (Å²) in [6.07, 6.45) is 1.50. The Morgan fingerprint density at radius 3 is 2.64 bits per heavy atom. The molecule has 116 valence electrons. The van der Waals surface area contributed by atoms with Crippen molar-refractivity contribution >= 4 is 29.2 Å². The van der Waals surface area contributed by atoms with Crippen LogP contribution in [0.3, 0.4) is 0 Å². The number of pyridine rings is 1. The van der Waals surface area contributed by atoms with Crippen molar-refractivity contribution in [2.45, 2.75) is 20.8 Å². The monoisotopic (exact) mass is 322 g/mol. The lowest BCUT2D eigenvalue weighted by atomic mass is 10.1. The number of carbonyl (C=O) groups is 2. The number of hydrogen-bond acceptors (Lipinski definition) is 5. The quantitative estimate of drug-likeness (QED) is 0.691. The van der Waals surface area contributed by atoms with Gasteiger partial charge in [-0.15, -0.1) is 0 Å². The van der Waals surface area contributed by atoms with E-state index in [1.165, 1.54) is 6.20 Å². The minimum Gasteiger partial charge on any atom is -0.465 e. The maximum absolute atomic E-state index is 12.0. The van der Waals surface area contributed by atoms with Gasteiger partial charge in [-0.05, 0) is 32.9 Å². The van der Waals surface area contributed by atoms with Gasteiger partial charge in [0, 0.05) is 11.8 Å². The molecule has 0 aliphatic rings. The molecule has 2 aromatic rings. The van der Waals surface area contributed by atoms with E-state index < -0.39 is 18.5 Å². The molecule has 0 fully saturated rings. The summed E-state index contributed by atoms with van der Waals surface area (Å²) in [5.74, 6) is 0.0183. The van der Waals surface area contributed by atoms with Crippen LogP contribution in [0.2, 0.25) is 5.15 Å². The topological polar surface area (TPSA) is 81.4 Å². The van der Waals surface area contributed by atoms with Gasteiger partial charge < -0.3 is 14.5 Å². The van der Waals surface area contributed by atoms with Gasteiger partial charge in [-0.2, -0.15) is 0 Å². The minimum absolute atomic E-state index is 0.166.